The number of hydrogen-bond acceptors (Lipinski definition) is 2. The Labute approximate surface area is 154 Å². The number of allylic oxidation sites excluding steroid dienone is 1. The molecule has 1 fully saturated rings. The summed E-state index contributed by atoms with van der Waals surface area (Å²) in [5.41, 5.74) is 0. The van der Waals surface area contributed by atoms with Crippen molar-refractivity contribution in [2.24, 2.45) is 0 Å². The molecule has 0 aliphatic carbocycles. The summed E-state index contributed by atoms with van der Waals surface area (Å²) in [7, 11) is 0. The summed E-state index contributed by atoms with van der Waals surface area (Å²) in [5, 5.41) is 10.1. The zero-order chi connectivity index (χ0) is 17.8. The molecule has 1 heterocycles. The fourth-order valence-corrected chi connectivity index (χ4v) is 2.27. The Bertz CT molecular complexity index is 210. The monoisotopic (exact) mass is 392 g/mol. The molecule has 1 N–H and O–H groups in total. The molecule has 1 aliphatic heterocycles. The largest absolute Gasteiger partial charge is 0.393 e. The number of alkyl halides is 1. The quantitative estimate of drug-likeness (QED) is 0.174. The van der Waals surface area contributed by atoms with E-state index in [2.05, 4.69) is 36.4 Å². The lowest BCUT2D eigenvalue weighted by molar-refractivity contribution is 0.180. The van der Waals surface area contributed by atoms with Crippen molar-refractivity contribution in [3.8, 4) is 0 Å². The molecule has 0 aromatic rings. The number of ether oxygens (including phenoxy) is 1. The van der Waals surface area contributed by atoms with Crippen LogP contribution in [0.2, 0.25) is 0 Å². The van der Waals surface area contributed by atoms with E-state index in [4.69, 9.17) is 9.84 Å². The first kappa shape index (κ1) is 25.4. The second-order valence-corrected chi connectivity index (χ2v) is 7.17. The zero-order valence-electron chi connectivity index (χ0n) is 15.9. The van der Waals surface area contributed by atoms with Crippen molar-refractivity contribution in [2.45, 2.75) is 104 Å². The zero-order valence-corrected chi connectivity index (χ0v) is 17.5. The van der Waals surface area contributed by atoms with E-state index in [9.17, 15) is 0 Å². The fourth-order valence-electron chi connectivity index (χ4n) is 1.88. The molecule has 1 saturated heterocycles. The normalized spacial score (nSPS) is 16.5. The number of hydrogen-bond donors (Lipinski definition) is 1. The number of halogens is 1. The smallest absolute Gasteiger partial charge is 0.0781 e. The minimum atomic E-state index is -0.116. The highest BCUT2D eigenvalue weighted by Crippen LogP contribution is 2.07. The molecule has 2 atom stereocenters. The number of aliphatic hydroxyl groups excluding tert-OH is 1. The second kappa shape index (κ2) is 22.1. The van der Waals surface area contributed by atoms with Crippen LogP contribution in [0.15, 0.2) is 12.7 Å². The molecule has 140 valence electrons. The van der Waals surface area contributed by atoms with Crippen molar-refractivity contribution in [3.63, 3.8) is 0 Å². The number of epoxide rings is 1. The second-order valence-electron chi connectivity index (χ2n) is 6.38. The Morgan fingerprint density at radius 2 is 1.65 bits per heavy atom. The van der Waals surface area contributed by atoms with Crippen LogP contribution in [-0.4, -0.2) is 29.3 Å². The number of aliphatic hydroxyl groups is 1. The summed E-state index contributed by atoms with van der Waals surface area (Å²) in [6.45, 7) is 10.8. The van der Waals surface area contributed by atoms with E-state index in [-0.39, 0.29) is 6.10 Å². The molecule has 0 spiro atoms. The number of unbranched alkanes of at least 4 members (excludes halogenated alkanes) is 8. The van der Waals surface area contributed by atoms with Crippen LogP contribution in [0.3, 0.4) is 0 Å². The van der Waals surface area contributed by atoms with Crippen LogP contribution in [0.1, 0.15) is 91.4 Å². The standard InChI is InChI=1S/C10H20O.C7H15Br.C3H6O/c1-3-4-5-6-7-8-9-10(2)11;1-2-3-4-5-6-7-8;1-3-2-4-3/h3,10-11H,1,4-9H2,2H3;2-7H2,1H3;3H,2H2,1H3/t10-;;3-/m0.1/s1. The minimum Gasteiger partial charge on any atom is -0.393 e. The lowest BCUT2D eigenvalue weighted by Gasteiger charge is -2.02. The van der Waals surface area contributed by atoms with Crippen LogP contribution in [0, 0.1) is 0 Å². The van der Waals surface area contributed by atoms with E-state index in [1.54, 1.807) is 0 Å². The molecule has 1 aliphatic rings. The van der Waals surface area contributed by atoms with Crippen molar-refractivity contribution in [3.05, 3.63) is 12.7 Å². The molecule has 0 saturated carbocycles. The van der Waals surface area contributed by atoms with Crippen LogP contribution in [0.4, 0.5) is 0 Å². The van der Waals surface area contributed by atoms with Gasteiger partial charge in [0.15, 0.2) is 0 Å². The summed E-state index contributed by atoms with van der Waals surface area (Å²) in [6.07, 6.45) is 16.4. The Kier molecular flexibility index (Phi) is 24.4. The van der Waals surface area contributed by atoms with Crippen LogP contribution < -0.4 is 0 Å². The van der Waals surface area contributed by atoms with E-state index < -0.39 is 0 Å². The van der Waals surface area contributed by atoms with Crippen molar-refractivity contribution in [2.75, 3.05) is 11.9 Å². The maximum Gasteiger partial charge on any atom is 0.0781 e. The van der Waals surface area contributed by atoms with Gasteiger partial charge in [-0.2, -0.15) is 0 Å². The van der Waals surface area contributed by atoms with Gasteiger partial charge in [-0.3, -0.25) is 0 Å². The van der Waals surface area contributed by atoms with E-state index in [0.29, 0.717) is 6.10 Å². The third-order valence-electron chi connectivity index (χ3n) is 3.52. The molecule has 3 heteroatoms. The predicted molar refractivity (Wildman–Crippen MR) is 108 cm³/mol. The Balaban J connectivity index is 0. The molecule has 1 rings (SSSR count). The van der Waals surface area contributed by atoms with Gasteiger partial charge in [0, 0.05) is 5.33 Å². The van der Waals surface area contributed by atoms with Crippen molar-refractivity contribution < 1.29 is 9.84 Å². The van der Waals surface area contributed by atoms with Gasteiger partial charge in [0.25, 0.3) is 0 Å². The van der Waals surface area contributed by atoms with Gasteiger partial charge in [0.2, 0.25) is 0 Å². The van der Waals surface area contributed by atoms with Crippen LogP contribution in [0.5, 0.6) is 0 Å². The van der Waals surface area contributed by atoms with Gasteiger partial charge in [-0.25, -0.2) is 0 Å². The summed E-state index contributed by atoms with van der Waals surface area (Å²) >= 11 is 3.40. The first-order chi connectivity index (χ1) is 11.1. The highest BCUT2D eigenvalue weighted by Gasteiger charge is 2.13. The van der Waals surface area contributed by atoms with E-state index in [1.165, 1.54) is 56.7 Å². The molecular weight excluding hydrogens is 352 g/mol. The van der Waals surface area contributed by atoms with Crippen LogP contribution in [-0.2, 0) is 4.74 Å². The fraction of sp³-hybridized carbons (Fsp3) is 0.900. The Morgan fingerprint density at radius 1 is 1.13 bits per heavy atom. The third-order valence-corrected chi connectivity index (χ3v) is 4.08. The SMILES string of the molecule is C=CCCCCCC[C@H](C)O.CCCCCCCBr.C[C@@H]1CO1. The predicted octanol–water partition coefficient (Wildman–Crippen LogP) is 6.65. The molecule has 0 aromatic carbocycles. The summed E-state index contributed by atoms with van der Waals surface area (Å²) < 4.78 is 4.71. The highest BCUT2D eigenvalue weighted by atomic mass is 79.9. The first-order valence-corrected chi connectivity index (χ1v) is 10.7. The van der Waals surface area contributed by atoms with E-state index in [1.807, 2.05) is 13.0 Å². The molecule has 23 heavy (non-hydrogen) atoms. The average molecular weight is 393 g/mol. The van der Waals surface area contributed by atoms with Crippen molar-refractivity contribution >= 4 is 15.9 Å². The maximum absolute atomic E-state index is 8.94. The Morgan fingerprint density at radius 3 is 2.09 bits per heavy atom. The lowest BCUT2D eigenvalue weighted by atomic mass is 10.1. The van der Waals surface area contributed by atoms with Crippen LogP contribution >= 0.6 is 15.9 Å². The first-order valence-electron chi connectivity index (χ1n) is 9.54. The van der Waals surface area contributed by atoms with Gasteiger partial charge in [-0.15, -0.1) is 6.58 Å². The van der Waals surface area contributed by atoms with Gasteiger partial charge in [0.05, 0.1) is 18.8 Å². The molecular formula is C20H41BrO2. The highest BCUT2D eigenvalue weighted by molar-refractivity contribution is 9.09. The third kappa shape index (κ3) is 34.5. The van der Waals surface area contributed by atoms with Crippen molar-refractivity contribution in [1.82, 2.24) is 0 Å². The summed E-state index contributed by atoms with van der Waals surface area (Å²) in [6, 6.07) is 0. The molecule has 0 radical (unpaired) electrons. The Hall–Kier alpha value is 0.140. The van der Waals surface area contributed by atoms with Gasteiger partial charge in [0.1, 0.15) is 0 Å². The van der Waals surface area contributed by atoms with E-state index in [0.717, 1.165) is 25.9 Å². The van der Waals surface area contributed by atoms with Gasteiger partial charge in [-0.05, 0) is 39.5 Å². The van der Waals surface area contributed by atoms with E-state index >= 15 is 0 Å². The van der Waals surface area contributed by atoms with Crippen LogP contribution in [0.25, 0.3) is 0 Å². The van der Waals surface area contributed by atoms with Gasteiger partial charge < -0.3 is 9.84 Å². The molecule has 0 amide bonds. The minimum absolute atomic E-state index is 0.116. The number of rotatable bonds is 12. The molecule has 0 aromatic heterocycles. The average Bonchev–Trinajstić information content (AvgIpc) is 3.31. The lowest BCUT2D eigenvalue weighted by Crippen LogP contribution is -1.97. The molecule has 2 nitrogen and oxygen atoms in total. The van der Waals surface area contributed by atoms with Gasteiger partial charge >= 0.3 is 0 Å². The van der Waals surface area contributed by atoms with Crippen molar-refractivity contribution in [1.29, 1.82) is 0 Å². The topological polar surface area (TPSA) is 32.8 Å². The summed E-state index contributed by atoms with van der Waals surface area (Å²) in [5.74, 6) is 0. The molecule has 0 bridgehead atoms. The van der Waals surface area contributed by atoms with Gasteiger partial charge in [-0.1, -0.05) is 73.9 Å². The summed E-state index contributed by atoms with van der Waals surface area (Å²) in [4.78, 5) is 0. The maximum atomic E-state index is 8.94. The molecule has 0 unspecified atom stereocenters.